The van der Waals surface area contributed by atoms with Gasteiger partial charge >= 0.3 is 0 Å². The third-order valence-electron chi connectivity index (χ3n) is 2.08. The smallest absolute Gasteiger partial charge is 0.297 e. The SMILES string of the molecule is COc1c(Oc2ccc(N)cc2)nc[nH]c1=O. The summed E-state index contributed by atoms with van der Waals surface area (Å²) in [5.74, 6) is 0.668. The Labute approximate surface area is 97.0 Å². The van der Waals surface area contributed by atoms with Crippen LogP contribution in [0.2, 0.25) is 0 Å². The number of H-pyrrole nitrogens is 1. The number of nitrogens with two attached hydrogens (primary N) is 1. The summed E-state index contributed by atoms with van der Waals surface area (Å²) in [6.45, 7) is 0. The van der Waals surface area contributed by atoms with Crippen LogP contribution in [0.15, 0.2) is 35.4 Å². The summed E-state index contributed by atoms with van der Waals surface area (Å²) in [4.78, 5) is 17.7. The van der Waals surface area contributed by atoms with Gasteiger partial charge in [-0.25, -0.2) is 4.98 Å². The Hall–Kier alpha value is -2.50. The number of methoxy groups -OCH3 is 1. The van der Waals surface area contributed by atoms with Gasteiger partial charge in [-0.1, -0.05) is 0 Å². The number of nitrogen functional groups attached to an aromatic ring is 1. The van der Waals surface area contributed by atoms with E-state index in [9.17, 15) is 4.79 Å². The van der Waals surface area contributed by atoms with Gasteiger partial charge in [0, 0.05) is 5.69 Å². The first kappa shape index (κ1) is 11.0. The van der Waals surface area contributed by atoms with Gasteiger partial charge in [0.1, 0.15) is 5.75 Å². The molecular formula is C11H11N3O3. The van der Waals surface area contributed by atoms with Crippen LogP contribution in [0.25, 0.3) is 0 Å². The van der Waals surface area contributed by atoms with Crippen molar-refractivity contribution in [3.05, 3.63) is 40.9 Å². The molecule has 0 spiro atoms. The molecule has 0 bridgehead atoms. The van der Waals surface area contributed by atoms with Gasteiger partial charge in [0.05, 0.1) is 13.4 Å². The Morgan fingerprint density at radius 2 is 2.00 bits per heavy atom. The summed E-state index contributed by atoms with van der Waals surface area (Å²) in [5.41, 5.74) is 5.78. The van der Waals surface area contributed by atoms with Crippen LogP contribution in [0.1, 0.15) is 0 Å². The highest BCUT2D eigenvalue weighted by atomic mass is 16.5. The molecule has 0 unspecified atom stereocenters. The molecule has 0 fully saturated rings. The van der Waals surface area contributed by atoms with Crippen molar-refractivity contribution in [3.63, 3.8) is 0 Å². The van der Waals surface area contributed by atoms with Crippen molar-refractivity contribution in [3.8, 4) is 17.4 Å². The first-order chi connectivity index (χ1) is 8.20. The van der Waals surface area contributed by atoms with Crippen molar-refractivity contribution < 1.29 is 9.47 Å². The van der Waals surface area contributed by atoms with Crippen LogP contribution in [0.4, 0.5) is 5.69 Å². The fourth-order valence-corrected chi connectivity index (χ4v) is 1.27. The monoisotopic (exact) mass is 233 g/mol. The number of anilines is 1. The zero-order chi connectivity index (χ0) is 12.3. The summed E-state index contributed by atoms with van der Waals surface area (Å²) in [6.07, 6.45) is 1.25. The van der Waals surface area contributed by atoms with E-state index in [1.807, 2.05) is 0 Å². The van der Waals surface area contributed by atoms with Crippen molar-refractivity contribution in [1.29, 1.82) is 0 Å². The molecule has 88 valence electrons. The second kappa shape index (κ2) is 4.56. The highest BCUT2D eigenvalue weighted by Gasteiger charge is 2.10. The number of benzene rings is 1. The molecule has 0 saturated carbocycles. The third kappa shape index (κ3) is 2.36. The molecular weight excluding hydrogens is 222 g/mol. The molecule has 1 aromatic carbocycles. The third-order valence-corrected chi connectivity index (χ3v) is 2.08. The fraction of sp³-hybridized carbons (Fsp3) is 0.0909. The standard InChI is InChI=1S/C11H11N3O3/c1-16-9-10(15)13-6-14-11(9)17-8-4-2-7(12)3-5-8/h2-6H,12H2,1H3,(H,13,14,15). The Morgan fingerprint density at radius 3 is 2.65 bits per heavy atom. The summed E-state index contributed by atoms with van der Waals surface area (Å²) >= 11 is 0. The molecule has 0 radical (unpaired) electrons. The number of rotatable bonds is 3. The molecule has 1 heterocycles. The van der Waals surface area contributed by atoms with E-state index in [0.717, 1.165) is 0 Å². The van der Waals surface area contributed by atoms with Crippen molar-refractivity contribution in [2.75, 3.05) is 12.8 Å². The van der Waals surface area contributed by atoms with Gasteiger partial charge in [-0.15, -0.1) is 0 Å². The molecule has 2 aromatic rings. The predicted octanol–water partition coefficient (Wildman–Crippen LogP) is 1.15. The van der Waals surface area contributed by atoms with E-state index < -0.39 is 5.56 Å². The van der Waals surface area contributed by atoms with E-state index in [4.69, 9.17) is 15.2 Å². The highest BCUT2D eigenvalue weighted by Crippen LogP contribution is 2.25. The first-order valence-electron chi connectivity index (χ1n) is 4.86. The Bertz CT molecular complexity index is 563. The molecule has 6 heteroatoms. The number of aromatic nitrogens is 2. The van der Waals surface area contributed by atoms with E-state index in [2.05, 4.69) is 9.97 Å². The minimum Gasteiger partial charge on any atom is -0.487 e. The zero-order valence-corrected chi connectivity index (χ0v) is 9.14. The molecule has 0 aliphatic carbocycles. The maximum absolute atomic E-state index is 11.4. The molecule has 0 atom stereocenters. The van der Waals surface area contributed by atoms with Crippen molar-refractivity contribution >= 4 is 5.69 Å². The van der Waals surface area contributed by atoms with Crippen LogP contribution in [-0.4, -0.2) is 17.1 Å². The van der Waals surface area contributed by atoms with Crippen LogP contribution in [0.5, 0.6) is 17.4 Å². The lowest BCUT2D eigenvalue weighted by atomic mass is 10.3. The van der Waals surface area contributed by atoms with Gasteiger partial charge in [0.25, 0.3) is 11.4 Å². The van der Waals surface area contributed by atoms with Crippen LogP contribution < -0.4 is 20.8 Å². The number of hydrogen-bond acceptors (Lipinski definition) is 5. The molecule has 2 rings (SSSR count). The summed E-state index contributed by atoms with van der Waals surface area (Å²) < 4.78 is 10.3. The van der Waals surface area contributed by atoms with Gasteiger partial charge in [0.15, 0.2) is 0 Å². The average molecular weight is 233 g/mol. The van der Waals surface area contributed by atoms with Crippen molar-refractivity contribution in [1.82, 2.24) is 9.97 Å². The predicted molar refractivity (Wildman–Crippen MR) is 62.3 cm³/mol. The van der Waals surface area contributed by atoms with Gasteiger partial charge in [-0.2, -0.15) is 0 Å². The molecule has 0 aliphatic heterocycles. The number of aromatic amines is 1. The number of nitrogens with one attached hydrogen (secondary N) is 1. The summed E-state index contributed by atoms with van der Waals surface area (Å²) in [5, 5.41) is 0. The molecule has 0 aliphatic rings. The number of nitrogens with zero attached hydrogens (tertiary/aromatic N) is 1. The normalized spacial score (nSPS) is 9.94. The maximum atomic E-state index is 11.4. The lowest BCUT2D eigenvalue weighted by Gasteiger charge is -2.07. The van der Waals surface area contributed by atoms with Crippen LogP contribution in [0, 0.1) is 0 Å². The zero-order valence-electron chi connectivity index (χ0n) is 9.14. The van der Waals surface area contributed by atoms with Gasteiger partial charge in [0.2, 0.25) is 5.75 Å². The second-order valence-electron chi connectivity index (χ2n) is 3.24. The topological polar surface area (TPSA) is 90.2 Å². The molecule has 6 nitrogen and oxygen atoms in total. The molecule has 3 N–H and O–H groups in total. The van der Waals surface area contributed by atoms with Gasteiger partial charge < -0.3 is 20.2 Å². The van der Waals surface area contributed by atoms with Crippen molar-refractivity contribution in [2.45, 2.75) is 0 Å². The largest absolute Gasteiger partial charge is 0.487 e. The Kier molecular flexibility index (Phi) is 2.95. The number of hydrogen-bond donors (Lipinski definition) is 2. The van der Waals surface area contributed by atoms with E-state index in [0.29, 0.717) is 11.4 Å². The Morgan fingerprint density at radius 1 is 1.29 bits per heavy atom. The van der Waals surface area contributed by atoms with E-state index in [1.54, 1.807) is 24.3 Å². The minimum atomic E-state index is -0.395. The average Bonchev–Trinajstić information content (AvgIpc) is 2.32. The van der Waals surface area contributed by atoms with Crippen LogP contribution >= 0.6 is 0 Å². The molecule has 0 amide bonds. The molecule has 17 heavy (non-hydrogen) atoms. The van der Waals surface area contributed by atoms with Crippen molar-refractivity contribution in [2.24, 2.45) is 0 Å². The molecule has 1 aromatic heterocycles. The molecule has 0 saturated heterocycles. The summed E-state index contributed by atoms with van der Waals surface area (Å²) in [6, 6.07) is 6.74. The second-order valence-corrected chi connectivity index (χ2v) is 3.24. The highest BCUT2D eigenvalue weighted by molar-refractivity contribution is 5.43. The van der Waals surface area contributed by atoms with Gasteiger partial charge in [-0.3, -0.25) is 4.79 Å². The number of ether oxygens (including phenoxy) is 2. The van der Waals surface area contributed by atoms with E-state index in [1.165, 1.54) is 13.4 Å². The van der Waals surface area contributed by atoms with Crippen LogP contribution in [-0.2, 0) is 0 Å². The fourth-order valence-electron chi connectivity index (χ4n) is 1.27. The first-order valence-corrected chi connectivity index (χ1v) is 4.86. The minimum absolute atomic E-state index is 0.0318. The summed E-state index contributed by atoms with van der Waals surface area (Å²) in [7, 11) is 1.38. The van der Waals surface area contributed by atoms with Crippen LogP contribution in [0.3, 0.4) is 0 Å². The van der Waals surface area contributed by atoms with Gasteiger partial charge in [-0.05, 0) is 24.3 Å². The van der Waals surface area contributed by atoms with E-state index in [-0.39, 0.29) is 11.6 Å². The quantitative estimate of drug-likeness (QED) is 0.776. The maximum Gasteiger partial charge on any atom is 0.297 e. The van der Waals surface area contributed by atoms with E-state index >= 15 is 0 Å². The lowest BCUT2D eigenvalue weighted by molar-refractivity contribution is 0.363. The lowest BCUT2D eigenvalue weighted by Crippen LogP contribution is -2.10. The Balaban J connectivity index is 2.33.